The lowest BCUT2D eigenvalue weighted by atomic mass is 10.1. The molecule has 3 heteroatoms. The van der Waals surface area contributed by atoms with E-state index in [0.29, 0.717) is 17.3 Å². The molecule has 0 aliphatic heterocycles. The average molecular weight is 228 g/mol. The summed E-state index contributed by atoms with van der Waals surface area (Å²) >= 11 is 5.86. The van der Waals surface area contributed by atoms with Crippen molar-refractivity contribution < 1.29 is 5.11 Å². The highest BCUT2D eigenvalue weighted by Crippen LogP contribution is 2.19. The minimum absolute atomic E-state index is 0.318. The standard InChI is InChI=1S/C10H12ClNO.C2H6/c1-3-8(13)6-9-7(2)4-5-12-10(9)11;1-2/h4-6,13H,3H2,1-2H3;1-2H3/b8-6+;. The Kier molecular flexibility index (Phi) is 6.80. The molecule has 2 nitrogen and oxygen atoms in total. The van der Waals surface area contributed by atoms with Crippen LogP contribution in [0.4, 0.5) is 0 Å². The van der Waals surface area contributed by atoms with E-state index >= 15 is 0 Å². The van der Waals surface area contributed by atoms with Crippen LogP contribution in [0, 0.1) is 6.92 Å². The van der Waals surface area contributed by atoms with E-state index < -0.39 is 0 Å². The molecular formula is C12H18ClNO. The number of hydrogen-bond donors (Lipinski definition) is 1. The summed E-state index contributed by atoms with van der Waals surface area (Å²) in [4.78, 5) is 3.94. The molecule has 0 atom stereocenters. The van der Waals surface area contributed by atoms with Crippen molar-refractivity contribution in [3.8, 4) is 0 Å². The summed E-state index contributed by atoms with van der Waals surface area (Å²) in [5.41, 5.74) is 1.81. The van der Waals surface area contributed by atoms with Gasteiger partial charge in [-0.25, -0.2) is 4.98 Å². The molecular weight excluding hydrogens is 210 g/mol. The molecule has 0 spiro atoms. The lowest BCUT2D eigenvalue weighted by Gasteiger charge is -2.02. The van der Waals surface area contributed by atoms with Crippen molar-refractivity contribution in [2.75, 3.05) is 0 Å². The second-order valence-corrected chi connectivity index (χ2v) is 3.18. The SMILES string of the molecule is CC.CC/C(O)=C\c1c(C)ccnc1Cl. The summed E-state index contributed by atoms with van der Waals surface area (Å²) in [6.45, 7) is 7.81. The molecule has 1 rings (SSSR count). The van der Waals surface area contributed by atoms with Gasteiger partial charge >= 0.3 is 0 Å². The Morgan fingerprint density at radius 1 is 1.53 bits per heavy atom. The molecule has 0 fully saturated rings. The van der Waals surface area contributed by atoms with Crippen LogP contribution in [0.15, 0.2) is 18.0 Å². The van der Waals surface area contributed by atoms with Gasteiger partial charge in [0.25, 0.3) is 0 Å². The second kappa shape index (κ2) is 7.30. The molecule has 0 radical (unpaired) electrons. The van der Waals surface area contributed by atoms with Crippen LogP contribution in [0.2, 0.25) is 5.15 Å². The third-order valence-electron chi connectivity index (χ3n) is 1.83. The molecule has 1 aromatic rings. The van der Waals surface area contributed by atoms with E-state index in [4.69, 9.17) is 11.6 Å². The largest absolute Gasteiger partial charge is 0.512 e. The number of nitrogens with zero attached hydrogens (tertiary/aromatic N) is 1. The van der Waals surface area contributed by atoms with Gasteiger partial charge in [-0.3, -0.25) is 0 Å². The highest BCUT2D eigenvalue weighted by atomic mass is 35.5. The number of allylic oxidation sites excluding steroid dienone is 1. The number of aromatic nitrogens is 1. The Balaban J connectivity index is 0.000000921. The van der Waals surface area contributed by atoms with E-state index in [0.717, 1.165) is 11.1 Å². The Morgan fingerprint density at radius 2 is 2.13 bits per heavy atom. The maximum atomic E-state index is 9.33. The monoisotopic (exact) mass is 227 g/mol. The number of halogens is 1. The van der Waals surface area contributed by atoms with Crippen LogP contribution < -0.4 is 0 Å². The van der Waals surface area contributed by atoms with Gasteiger partial charge in [0, 0.05) is 18.2 Å². The summed E-state index contributed by atoms with van der Waals surface area (Å²) in [7, 11) is 0. The summed E-state index contributed by atoms with van der Waals surface area (Å²) in [6, 6.07) is 1.86. The van der Waals surface area contributed by atoms with Crippen molar-refractivity contribution in [3.05, 3.63) is 34.3 Å². The number of hydrogen-bond acceptors (Lipinski definition) is 2. The normalized spacial score (nSPS) is 10.6. The van der Waals surface area contributed by atoms with Gasteiger partial charge in [0.1, 0.15) is 5.15 Å². The first kappa shape index (κ1) is 14.0. The topological polar surface area (TPSA) is 33.1 Å². The molecule has 0 aromatic carbocycles. The fourth-order valence-corrected chi connectivity index (χ4v) is 1.24. The highest BCUT2D eigenvalue weighted by Gasteiger charge is 2.02. The zero-order chi connectivity index (χ0) is 11.8. The predicted octanol–water partition coefficient (Wildman–Crippen LogP) is 4.38. The lowest BCUT2D eigenvalue weighted by molar-refractivity contribution is 0.400. The van der Waals surface area contributed by atoms with Crippen LogP contribution in [0.25, 0.3) is 6.08 Å². The third kappa shape index (κ3) is 4.34. The Morgan fingerprint density at radius 3 is 2.60 bits per heavy atom. The van der Waals surface area contributed by atoms with Crippen LogP contribution in [0.3, 0.4) is 0 Å². The number of rotatable bonds is 2. The maximum absolute atomic E-state index is 9.33. The molecule has 1 aromatic heterocycles. The molecule has 1 N–H and O–H groups in total. The van der Waals surface area contributed by atoms with E-state index in [9.17, 15) is 5.11 Å². The molecule has 0 amide bonds. The number of pyridine rings is 1. The van der Waals surface area contributed by atoms with E-state index in [1.807, 2.05) is 33.8 Å². The summed E-state index contributed by atoms with van der Waals surface area (Å²) in [5.74, 6) is 0.318. The highest BCUT2D eigenvalue weighted by molar-refractivity contribution is 6.30. The van der Waals surface area contributed by atoms with Crippen molar-refractivity contribution >= 4 is 17.7 Å². The van der Waals surface area contributed by atoms with Crippen molar-refractivity contribution in [1.82, 2.24) is 4.98 Å². The minimum atomic E-state index is 0.318. The summed E-state index contributed by atoms with van der Waals surface area (Å²) in [5, 5.41) is 9.77. The van der Waals surface area contributed by atoms with E-state index in [-0.39, 0.29) is 0 Å². The molecule has 0 saturated carbocycles. The maximum Gasteiger partial charge on any atom is 0.136 e. The van der Waals surface area contributed by atoms with Gasteiger partial charge in [-0.2, -0.15) is 0 Å². The summed E-state index contributed by atoms with van der Waals surface area (Å²) in [6.07, 6.45) is 3.91. The van der Waals surface area contributed by atoms with Crippen LogP contribution in [0.1, 0.15) is 38.3 Å². The molecule has 0 aliphatic rings. The van der Waals surface area contributed by atoms with E-state index in [2.05, 4.69) is 4.98 Å². The average Bonchev–Trinajstić information content (AvgIpc) is 2.26. The van der Waals surface area contributed by atoms with E-state index in [1.54, 1.807) is 12.3 Å². The van der Waals surface area contributed by atoms with Crippen molar-refractivity contribution in [2.45, 2.75) is 34.1 Å². The lowest BCUT2D eigenvalue weighted by Crippen LogP contribution is -1.87. The van der Waals surface area contributed by atoms with Gasteiger partial charge in [0.2, 0.25) is 0 Å². The first-order valence-corrected chi connectivity index (χ1v) is 5.53. The van der Waals surface area contributed by atoms with Crippen LogP contribution in [0.5, 0.6) is 0 Å². The molecule has 1 heterocycles. The number of aliphatic hydroxyl groups excluding tert-OH is 1. The van der Waals surface area contributed by atoms with Crippen LogP contribution in [-0.4, -0.2) is 10.1 Å². The molecule has 84 valence electrons. The van der Waals surface area contributed by atoms with Crippen molar-refractivity contribution in [3.63, 3.8) is 0 Å². The minimum Gasteiger partial charge on any atom is -0.512 e. The van der Waals surface area contributed by atoms with Crippen LogP contribution in [-0.2, 0) is 0 Å². The molecule has 0 bridgehead atoms. The Hall–Kier alpha value is -1.02. The Labute approximate surface area is 96.6 Å². The van der Waals surface area contributed by atoms with Crippen molar-refractivity contribution in [1.29, 1.82) is 0 Å². The second-order valence-electron chi connectivity index (χ2n) is 2.82. The molecule has 15 heavy (non-hydrogen) atoms. The van der Waals surface area contributed by atoms with Gasteiger partial charge in [-0.1, -0.05) is 32.4 Å². The van der Waals surface area contributed by atoms with Crippen LogP contribution >= 0.6 is 11.6 Å². The van der Waals surface area contributed by atoms with Gasteiger partial charge in [0.15, 0.2) is 0 Å². The first-order valence-electron chi connectivity index (χ1n) is 5.15. The molecule has 0 saturated heterocycles. The van der Waals surface area contributed by atoms with Gasteiger partial charge in [-0.15, -0.1) is 0 Å². The van der Waals surface area contributed by atoms with Crippen molar-refractivity contribution in [2.24, 2.45) is 0 Å². The predicted molar refractivity (Wildman–Crippen MR) is 66.2 cm³/mol. The third-order valence-corrected chi connectivity index (χ3v) is 2.13. The molecule has 0 unspecified atom stereocenters. The van der Waals surface area contributed by atoms with Gasteiger partial charge in [-0.05, 0) is 24.6 Å². The number of aryl methyl sites for hydroxylation is 1. The quantitative estimate of drug-likeness (QED) is 0.601. The fourth-order valence-electron chi connectivity index (χ4n) is 0.979. The Bertz CT molecular complexity index is 314. The smallest absolute Gasteiger partial charge is 0.136 e. The van der Waals surface area contributed by atoms with Gasteiger partial charge in [0.05, 0.1) is 5.76 Å². The number of aliphatic hydroxyl groups is 1. The summed E-state index contributed by atoms with van der Waals surface area (Å²) < 4.78 is 0. The van der Waals surface area contributed by atoms with Gasteiger partial charge < -0.3 is 5.11 Å². The zero-order valence-electron chi connectivity index (χ0n) is 9.71. The first-order chi connectivity index (χ1) is 7.15. The zero-order valence-corrected chi connectivity index (χ0v) is 10.5. The van der Waals surface area contributed by atoms with E-state index in [1.165, 1.54) is 0 Å². The molecule has 0 aliphatic carbocycles. The fraction of sp³-hybridized carbons (Fsp3) is 0.417.